The van der Waals surface area contributed by atoms with Crippen molar-refractivity contribution in [2.75, 3.05) is 16.8 Å². The van der Waals surface area contributed by atoms with Crippen molar-refractivity contribution in [3.05, 3.63) is 29.3 Å². The molecule has 0 aromatic heterocycles. The summed E-state index contributed by atoms with van der Waals surface area (Å²) in [6, 6.07) is 7.65. The van der Waals surface area contributed by atoms with E-state index in [1.54, 1.807) is 6.07 Å². The van der Waals surface area contributed by atoms with Gasteiger partial charge in [0.05, 0.1) is 11.3 Å². The van der Waals surface area contributed by atoms with E-state index in [-0.39, 0.29) is 11.8 Å². The maximum atomic E-state index is 12.0. The molecule has 2 rings (SSSR count). The lowest BCUT2D eigenvalue weighted by atomic mass is 10.1. The molecular formula is C13H14N2OS. The number of nitriles is 1. The highest BCUT2D eigenvalue weighted by molar-refractivity contribution is 7.99. The van der Waals surface area contributed by atoms with Gasteiger partial charge in [0.1, 0.15) is 6.07 Å². The van der Waals surface area contributed by atoms with Crippen molar-refractivity contribution >= 4 is 23.4 Å². The smallest absolute Gasteiger partial charge is 0.228 e. The van der Waals surface area contributed by atoms with Gasteiger partial charge in [-0.05, 0) is 30.7 Å². The van der Waals surface area contributed by atoms with E-state index in [9.17, 15) is 4.79 Å². The van der Waals surface area contributed by atoms with E-state index in [4.69, 9.17) is 5.26 Å². The third-order valence-electron chi connectivity index (χ3n) is 2.94. The summed E-state index contributed by atoms with van der Waals surface area (Å²) in [6.45, 7) is 1.87. The molecule has 0 saturated carbocycles. The largest absolute Gasteiger partial charge is 0.325 e. The number of amides is 1. The Kier molecular flexibility index (Phi) is 3.70. The first-order chi connectivity index (χ1) is 8.22. The van der Waals surface area contributed by atoms with Gasteiger partial charge in [-0.1, -0.05) is 12.1 Å². The van der Waals surface area contributed by atoms with Crippen LogP contribution in [0.2, 0.25) is 0 Å². The predicted molar refractivity (Wildman–Crippen MR) is 70.0 cm³/mol. The van der Waals surface area contributed by atoms with Crippen molar-refractivity contribution in [3.8, 4) is 6.07 Å². The lowest BCUT2D eigenvalue weighted by Gasteiger charge is -2.11. The van der Waals surface area contributed by atoms with E-state index in [0.717, 1.165) is 23.5 Å². The second kappa shape index (κ2) is 5.24. The number of hydrogen-bond donors (Lipinski definition) is 1. The molecule has 1 aliphatic rings. The third kappa shape index (κ3) is 2.62. The van der Waals surface area contributed by atoms with Crippen molar-refractivity contribution in [2.45, 2.75) is 13.3 Å². The maximum Gasteiger partial charge on any atom is 0.228 e. The Bertz CT molecular complexity index is 473. The van der Waals surface area contributed by atoms with Gasteiger partial charge in [-0.3, -0.25) is 4.79 Å². The van der Waals surface area contributed by atoms with Gasteiger partial charge in [-0.25, -0.2) is 0 Å². The standard InChI is InChI=1S/C13H14N2OS/c1-9-3-2-4-12(11(9)7-14)15-13(16)10-5-6-17-8-10/h2-4,10H,5-6,8H2,1H3,(H,15,16). The molecule has 1 fully saturated rings. The van der Waals surface area contributed by atoms with Gasteiger partial charge in [0.15, 0.2) is 0 Å². The molecule has 0 spiro atoms. The monoisotopic (exact) mass is 246 g/mol. The quantitative estimate of drug-likeness (QED) is 0.872. The van der Waals surface area contributed by atoms with Crippen molar-refractivity contribution < 1.29 is 4.79 Å². The van der Waals surface area contributed by atoms with Crippen LogP contribution in [-0.4, -0.2) is 17.4 Å². The number of nitrogens with one attached hydrogen (secondary N) is 1. The topological polar surface area (TPSA) is 52.9 Å². The molecule has 1 amide bonds. The summed E-state index contributed by atoms with van der Waals surface area (Å²) < 4.78 is 0. The summed E-state index contributed by atoms with van der Waals surface area (Å²) in [6.07, 6.45) is 0.935. The van der Waals surface area contributed by atoms with E-state index < -0.39 is 0 Å². The number of thioether (sulfide) groups is 1. The molecule has 0 radical (unpaired) electrons. The highest BCUT2D eigenvalue weighted by Gasteiger charge is 2.23. The Balaban J connectivity index is 2.16. The van der Waals surface area contributed by atoms with Gasteiger partial charge in [-0.15, -0.1) is 0 Å². The van der Waals surface area contributed by atoms with Gasteiger partial charge in [-0.2, -0.15) is 17.0 Å². The molecule has 1 aromatic rings. The minimum absolute atomic E-state index is 0.0390. The third-order valence-corrected chi connectivity index (χ3v) is 4.11. The zero-order chi connectivity index (χ0) is 12.3. The van der Waals surface area contributed by atoms with Crippen LogP contribution >= 0.6 is 11.8 Å². The number of nitrogens with zero attached hydrogens (tertiary/aromatic N) is 1. The number of hydrogen-bond acceptors (Lipinski definition) is 3. The molecule has 1 saturated heterocycles. The summed E-state index contributed by atoms with van der Waals surface area (Å²) in [5, 5.41) is 11.9. The van der Waals surface area contributed by atoms with Crippen molar-refractivity contribution in [3.63, 3.8) is 0 Å². The maximum absolute atomic E-state index is 12.0. The van der Waals surface area contributed by atoms with Crippen molar-refractivity contribution in [1.29, 1.82) is 5.26 Å². The van der Waals surface area contributed by atoms with E-state index in [1.165, 1.54) is 0 Å². The number of aryl methyl sites for hydroxylation is 1. The van der Waals surface area contributed by atoms with E-state index in [1.807, 2.05) is 30.8 Å². The SMILES string of the molecule is Cc1cccc(NC(=O)C2CCSC2)c1C#N. The van der Waals surface area contributed by atoms with E-state index in [2.05, 4.69) is 11.4 Å². The second-order valence-corrected chi connectivity index (χ2v) is 5.31. The second-order valence-electron chi connectivity index (χ2n) is 4.16. The lowest BCUT2D eigenvalue weighted by Crippen LogP contribution is -2.22. The summed E-state index contributed by atoms with van der Waals surface area (Å²) in [7, 11) is 0. The minimum Gasteiger partial charge on any atom is -0.325 e. The van der Waals surface area contributed by atoms with Crippen LogP contribution in [0.3, 0.4) is 0 Å². The lowest BCUT2D eigenvalue weighted by molar-refractivity contribution is -0.119. The van der Waals surface area contributed by atoms with Crippen LogP contribution < -0.4 is 5.32 Å². The number of carbonyl (C=O) groups excluding carboxylic acids is 1. The fourth-order valence-corrected chi connectivity index (χ4v) is 3.12. The van der Waals surface area contributed by atoms with Gasteiger partial charge in [0.2, 0.25) is 5.91 Å². The molecule has 88 valence electrons. The summed E-state index contributed by atoms with van der Waals surface area (Å²) in [5.41, 5.74) is 2.09. The normalized spacial score (nSPS) is 18.7. The Hall–Kier alpha value is -1.47. The molecule has 4 heteroatoms. The van der Waals surface area contributed by atoms with Crippen molar-refractivity contribution in [2.24, 2.45) is 5.92 Å². The van der Waals surface area contributed by atoms with E-state index >= 15 is 0 Å². The first-order valence-corrected chi connectivity index (χ1v) is 6.76. The van der Waals surface area contributed by atoms with Crippen LogP contribution in [0, 0.1) is 24.2 Å². The predicted octanol–water partition coefficient (Wildman–Crippen LogP) is 2.56. The van der Waals surface area contributed by atoms with Gasteiger partial charge in [0.25, 0.3) is 0 Å². The average molecular weight is 246 g/mol. The number of anilines is 1. The molecule has 0 aliphatic carbocycles. The molecular weight excluding hydrogens is 232 g/mol. The number of rotatable bonds is 2. The molecule has 1 heterocycles. The molecule has 0 bridgehead atoms. The first-order valence-electron chi connectivity index (χ1n) is 5.60. The Labute approximate surface area is 105 Å². The fourth-order valence-electron chi connectivity index (χ4n) is 1.90. The molecule has 1 atom stereocenters. The van der Waals surface area contributed by atoms with Crippen LogP contribution in [0.15, 0.2) is 18.2 Å². The fraction of sp³-hybridized carbons (Fsp3) is 0.385. The van der Waals surface area contributed by atoms with Crippen LogP contribution in [-0.2, 0) is 4.79 Å². The molecule has 3 nitrogen and oxygen atoms in total. The number of benzene rings is 1. The number of carbonyl (C=O) groups is 1. The minimum atomic E-state index is 0.0390. The van der Waals surface area contributed by atoms with Gasteiger partial charge >= 0.3 is 0 Å². The van der Waals surface area contributed by atoms with Gasteiger partial charge in [0, 0.05) is 11.7 Å². The molecule has 17 heavy (non-hydrogen) atoms. The van der Waals surface area contributed by atoms with E-state index in [0.29, 0.717) is 11.3 Å². The molecule has 1 aromatic carbocycles. The zero-order valence-electron chi connectivity index (χ0n) is 9.69. The Morgan fingerprint density at radius 2 is 2.41 bits per heavy atom. The highest BCUT2D eigenvalue weighted by atomic mass is 32.2. The zero-order valence-corrected chi connectivity index (χ0v) is 10.5. The average Bonchev–Trinajstić information content (AvgIpc) is 2.82. The Morgan fingerprint density at radius 1 is 1.59 bits per heavy atom. The van der Waals surface area contributed by atoms with Crippen LogP contribution in [0.5, 0.6) is 0 Å². The molecule has 1 N–H and O–H groups in total. The summed E-state index contributed by atoms with van der Waals surface area (Å²) in [4.78, 5) is 12.0. The van der Waals surface area contributed by atoms with Crippen LogP contribution in [0.25, 0.3) is 0 Å². The highest BCUT2D eigenvalue weighted by Crippen LogP contribution is 2.26. The summed E-state index contributed by atoms with van der Waals surface area (Å²) in [5.74, 6) is 2.07. The molecule has 1 aliphatic heterocycles. The van der Waals surface area contributed by atoms with Crippen LogP contribution in [0.4, 0.5) is 5.69 Å². The van der Waals surface area contributed by atoms with Crippen LogP contribution in [0.1, 0.15) is 17.5 Å². The Morgan fingerprint density at radius 3 is 3.06 bits per heavy atom. The van der Waals surface area contributed by atoms with Gasteiger partial charge < -0.3 is 5.32 Å². The van der Waals surface area contributed by atoms with Crippen molar-refractivity contribution in [1.82, 2.24) is 0 Å². The molecule has 1 unspecified atom stereocenters. The first kappa shape index (κ1) is 12.0. The summed E-state index contributed by atoms with van der Waals surface area (Å²) >= 11 is 1.81.